The van der Waals surface area contributed by atoms with E-state index < -0.39 is 0 Å². The fourth-order valence-electron chi connectivity index (χ4n) is 1.22. The van der Waals surface area contributed by atoms with Crippen molar-refractivity contribution >= 4 is 11.8 Å². The van der Waals surface area contributed by atoms with Crippen molar-refractivity contribution in [2.75, 3.05) is 18.1 Å². The van der Waals surface area contributed by atoms with Crippen molar-refractivity contribution in [1.82, 2.24) is 0 Å². The molecule has 1 rings (SSSR count). The van der Waals surface area contributed by atoms with E-state index in [2.05, 4.69) is 12.1 Å². The monoisotopic (exact) mass is 239 g/mol. The van der Waals surface area contributed by atoms with E-state index in [1.54, 1.807) is 0 Å². The van der Waals surface area contributed by atoms with E-state index in [1.807, 2.05) is 43.8 Å². The fourth-order valence-corrected chi connectivity index (χ4v) is 2.12. The number of nitrogens with two attached hydrogens (primary N) is 1. The summed E-state index contributed by atoms with van der Waals surface area (Å²) in [5.74, 6) is 1.98. The lowest BCUT2D eigenvalue weighted by Gasteiger charge is -2.17. The summed E-state index contributed by atoms with van der Waals surface area (Å²) >= 11 is 1.85. The number of thioether (sulfide) groups is 1. The van der Waals surface area contributed by atoms with Crippen LogP contribution < -0.4 is 5.73 Å². The molecular weight excluding hydrogens is 218 g/mol. The lowest BCUT2D eigenvalue weighted by Crippen LogP contribution is -2.34. The minimum Gasteiger partial charge on any atom is -0.376 e. The van der Waals surface area contributed by atoms with Gasteiger partial charge in [0.05, 0.1) is 13.2 Å². The quantitative estimate of drug-likeness (QED) is 0.743. The molecular formula is C13H21NOS. The zero-order chi connectivity index (χ0) is 11.9. The average molecular weight is 239 g/mol. The Bertz CT molecular complexity index is 282. The predicted octanol–water partition coefficient (Wildman–Crippen LogP) is 2.67. The molecule has 2 nitrogen and oxygen atoms in total. The van der Waals surface area contributed by atoms with Gasteiger partial charge in [0.25, 0.3) is 0 Å². The summed E-state index contributed by atoms with van der Waals surface area (Å²) in [6.07, 6.45) is 0. The lowest BCUT2D eigenvalue weighted by molar-refractivity contribution is 0.136. The van der Waals surface area contributed by atoms with Crippen molar-refractivity contribution in [2.24, 2.45) is 5.73 Å². The first kappa shape index (κ1) is 13.6. The highest BCUT2D eigenvalue weighted by Crippen LogP contribution is 2.09. The molecule has 0 saturated heterocycles. The maximum absolute atomic E-state index is 5.88. The topological polar surface area (TPSA) is 35.2 Å². The molecule has 0 heterocycles. The summed E-state index contributed by atoms with van der Waals surface area (Å²) in [6.45, 7) is 5.58. The Kier molecular flexibility index (Phi) is 5.88. The van der Waals surface area contributed by atoms with Crippen molar-refractivity contribution in [1.29, 1.82) is 0 Å². The Balaban J connectivity index is 2.01. The molecule has 1 aromatic carbocycles. The summed E-state index contributed by atoms with van der Waals surface area (Å²) in [5.41, 5.74) is 7.03. The Morgan fingerprint density at radius 1 is 1.25 bits per heavy atom. The van der Waals surface area contributed by atoms with Gasteiger partial charge in [-0.25, -0.2) is 0 Å². The molecule has 0 spiro atoms. The summed E-state index contributed by atoms with van der Waals surface area (Å²) in [4.78, 5) is 0. The van der Waals surface area contributed by atoms with Gasteiger partial charge in [-0.2, -0.15) is 11.8 Å². The van der Waals surface area contributed by atoms with Gasteiger partial charge in [0.15, 0.2) is 0 Å². The van der Waals surface area contributed by atoms with Crippen molar-refractivity contribution < 1.29 is 4.74 Å². The lowest BCUT2D eigenvalue weighted by atomic mass is 10.1. The standard InChI is InChI=1S/C13H21NOS/c1-13(2,14)11-16-9-8-15-10-12-6-4-3-5-7-12/h3-7H,8-11,14H2,1-2H3. The fraction of sp³-hybridized carbons (Fsp3) is 0.538. The Morgan fingerprint density at radius 3 is 2.56 bits per heavy atom. The van der Waals surface area contributed by atoms with E-state index in [-0.39, 0.29) is 5.54 Å². The summed E-state index contributed by atoms with van der Waals surface area (Å²) in [5, 5.41) is 0. The smallest absolute Gasteiger partial charge is 0.0717 e. The Morgan fingerprint density at radius 2 is 1.94 bits per heavy atom. The molecule has 0 amide bonds. The molecule has 0 aromatic heterocycles. The third kappa shape index (κ3) is 6.88. The molecule has 3 heteroatoms. The highest BCUT2D eigenvalue weighted by Gasteiger charge is 2.09. The second-order valence-electron chi connectivity index (χ2n) is 4.58. The predicted molar refractivity (Wildman–Crippen MR) is 71.7 cm³/mol. The highest BCUT2D eigenvalue weighted by atomic mass is 32.2. The van der Waals surface area contributed by atoms with Crippen LogP contribution in [0.3, 0.4) is 0 Å². The van der Waals surface area contributed by atoms with Crippen LogP contribution >= 0.6 is 11.8 Å². The second-order valence-corrected chi connectivity index (χ2v) is 5.68. The molecule has 0 aliphatic rings. The molecule has 0 bridgehead atoms. The zero-order valence-electron chi connectivity index (χ0n) is 10.1. The first-order valence-electron chi connectivity index (χ1n) is 5.56. The van der Waals surface area contributed by atoms with Gasteiger partial charge in [0, 0.05) is 17.0 Å². The molecule has 1 aromatic rings. The van der Waals surface area contributed by atoms with Gasteiger partial charge in [-0.05, 0) is 19.4 Å². The molecule has 16 heavy (non-hydrogen) atoms. The first-order chi connectivity index (χ1) is 7.58. The summed E-state index contributed by atoms with van der Waals surface area (Å²) in [6, 6.07) is 10.2. The van der Waals surface area contributed by atoms with Gasteiger partial charge in [0.1, 0.15) is 0 Å². The van der Waals surface area contributed by atoms with E-state index in [0.29, 0.717) is 6.61 Å². The van der Waals surface area contributed by atoms with E-state index in [9.17, 15) is 0 Å². The number of benzene rings is 1. The summed E-state index contributed by atoms with van der Waals surface area (Å²) < 4.78 is 5.57. The molecule has 0 aliphatic heterocycles. The van der Waals surface area contributed by atoms with Crippen LogP contribution in [-0.4, -0.2) is 23.7 Å². The number of hydrogen-bond donors (Lipinski definition) is 1. The SMILES string of the molecule is CC(C)(N)CSCCOCc1ccccc1. The number of ether oxygens (including phenoxy) is 1. The van der Waals surface area contributed by atoms with Gasteiger partial charge in [0.2, 0.25) is 0 Å². The van der Waals surface area contributed by atoms with Gasteiger partial charge in [-0.15, -0.1) is 0 Å². The maximum Gasteiger partial charge on any atom is 0.0717 e. The molecule has 0 aliphatic carbocycles. The maximum atomic E-state index is 5.88. The van der Waals surface area contributed by atoms with Gasteiger partial charge >= 0.3 is 0 Å². The zero-order valence-corrected chi connectivity index (χ0v) is 10.9. The first-order valence-corrected chi connectivity index (χ1v) is 6.72. The highest BCUT2D eigenvalue weighted by molar-refractivity contribution is 7.99. The molecule has 90 valence electrons. The Labute approximate surface area is 103 Å². The van der Waals surface area contributed by atoms with Crippen LogP contribution in [0.2, 0.25) is 0 Å². The van der Waals surface area contributed by atoms with E-state index in [4.69, 9.17) is 10.5 Å². The number of hydrogen-bond acceptors (Lipinski definition) is 3. The third-order valence-electron chi connectivity index (χ3n) is 1.96. The van der Waals surface area contributed by atoms with Crippen LogP contribution in [0.1, 0.15) is 19.4 Å². The normalized spacial score (nSPS) is 11.7. The van der Waals surface area contributed by atoms with Crippen molar-refractivity contribution in [2.45, 2.75) is 26.0 Å². The van der Waals surface area contributed by atoms with E-state index in [0.717, 1.165) is 18.1 Å². The second kappa shape index (κ2) is 6.94. The average Bonchev–Trinajstić information content (AvgIpc) is 2.23. The molecule has 2 N–H and O–H groups in total. The van der Waals surface area contributed by atoms with Gasteiger partial charge in [-0.1, -0.05) is 30.3 Å². The van der Waals surface area contributed by atoms with E-state index in [1.165, 1.54) is 5.56 Å². The van der Waals surface area contributed by atoms with Crippen LogP contribution in [0.5, 0.6) is 0 Å². The largest absolute Gasteiger partial charge is 0.376 e. The van der Waals surface area contributed by atoms with Crippen molar-refractivity contribution in [3.63, 3.8) is 0 Å². The molecule has 0 saturated carbocycles. The van der Waals surface area contributed by atoms with Crippen LogP contribution in [0.15, 0.2) is 30.3 Å². The van der Waals surface area contributed by atoms with Crippen LogP contribution in [0, 0.1) is 0 Å². The molecule has 0 radical (unpaired) electrons. The van der Waals surface area contributed by atoms with Crippen LogP contribution in [-0.2, 0) is 11.3 Å². The molecule has 0 atom stereocenters. The minimum atomic E-state index is -0.0793. The molecule has 0 unspecified atom stereocenters. The molecule has 0 fully saturated rings. The van der Waals surface area contributed by atoms with Crippen LogP contribution in [0.4, 0.5) is 0 Å². The van der Waals surface area contributed by atoms with Gasteiger partial charge in [-0.3, -0.25) is 0 Å². The Hall–Kier alpha value is -0.510. The van der Waals surface area contributed by atoms with Crippen molar-refractivity contribution in [3.05, 3.63) is 35.9 Å². The van der Waals surface area contributed by atoms with Crippen molar-refractivity contribution in [3.8, 4) is 0 Å². The van der Waals surface area contributed by atoms with Crippen LogP contribution in [0.25, 0.3) is 0 Å². The minimum absolute atomic E-state index is 0.0793. The van der Waals surface area contributed by atoms with E-state index >= 15 is 0 Å². The third-order valence-corrected chi connectivity index (χ3v) is 3.36. The summed E-state index contributed by atoms with van der Waals surface area (Å²) in [7, 11) is 0. The van der Waals surface area contributed by atoms with Gasteiger partial charge < -0.3 is 10.5 Å². The number of rotatable bonds is 7.